The molecule has 1 N–H and O–H groups in total. The lowest BCUT2D eigenvalue weighted by Crippen LogP contribution is -2.46. The molecule has 2 rings (SSSR count). The molecule has 23 heavy (non-hydrogen) atoms. The highest BCUT2D eigenvalue weighted by molar-refractivity contribution is 7.10. The van der Waals surface area contributed by atoms with E-state index in [0.29, 0.717) is 6.04 Å². The van der Waals surface area contributed by atoms with Gasteiger partial charge in [0.05, 0.1) is 19.3 Å². The number of ether oxygens (including phenoxy) is 1. The topological polar surface area (TPSA) is 40.1 Å². The fourth-order valence-electron chi connectivity index (χ4n) is 2.85. The molecule has 6 heteroatoms. The average Bonchev–Trinajstić information content (AvgIpc) is 3.11. The van der Waals surface area contributed by atoms with E-state index in [2.05, 4.69) is 51.6 Å². The van der Waals surface area contributed by atoms with Crippen LogP contribution < -0.4 is 5.32 Å². The number of hydrogen-bond acceptors (Lipinski definition) is 4. The van der Waals surface area contributed by atoms with E-state index in [1.807, 2.05) is 18.4 Å². The SMILES string of the molecule is CCCCN(C)C(=NC)NCC(c1cccs1)N1CCOCC1. The second-order valence-electron chi connectivity index (χ2n) is 5.88. The Morgan fingerprint density at radius 1 is 1.48 bits per heavy atom. The van der Waals surface area contributed by atoms with Gasteiger partial charge in [0.25, 0.3) is 0 Å². The van der Waals surface area contributed by atoms with E-state index < -0.39 is 0 Å². The summed E-state index contributed by atoms with van der Waals surface area (Å²) in [5.74, 6) is 0.980. The van der Waals surface area contributed by atoms with Crippen molar-refractivity contribution in [3.8, 4) is 0 Å². The molecule has 1 aliphatic rings. The number of rotatable bonds is 7. The Bertz CT molecular complexity index is 457. The zero-order chi connectivity index (χ0) is 16.5. The number of unbranched alkanes of at least 4 members (excludes halogenated alkanes) is 1. The first-order valence-electron chi connectivity index (χ1n) is 8.53. The molecule has 1 saturated heterocycles. The van der Waals surface area contributed by atoms with Crippen LogP contribution in [0, 0.1) is 0 Å². The fraction of sp³-hybridized carbons (Fsp3) is 0.706. The number of guanidine groups is 1. The van der Waals surface area contributed by atoms with Gasteiger partial charge in [-0.1, -0.05) is 19.4 Å². The van der Waals surface area contributed by atoms with Crippen LogP contribution in [-0.4, -0.2) is 69.2 Å². The minimum atomic E-state index is 0.384. The molecule has 0 spiro atoms. The van der Waals surface area contributed by atoms with Gasteiger partial charge in [0.15, 0.2) is 5.96 Å². The lowest BCUT2D eigenvalue weighted by molar-refractivity contribution is 0.0176. The standard InChI is InChI=1S/C17H30N4OS/c1-4-5-8-20(3)17(18-2)19-14-15(16-7-6-13-23-16)21-9-11-22-12-10-21/h6-7,13,15H,4-5,8-12,14H2,1-3H3,(H,18,19). The van der Waals surface area contributed by atoms with Gasteiger partial charge in [-0.3, -0.25) is 9.89 Å². The maximum absolute atomic E-state index is 5.51. The van der Waals surface area contributed by atoms with Gasteiger partial charge in [-0.25, -0.2) is 0 Å². The molecule has 0 bridgehead atoms. The third kappa shape index (κ3) is 5.48. The van der Waals surface area contributed by atoms with Crippen molar-refractivity contribution in [1.82, 2.24) is 15.1 Å². The molecule has 2 heterocycles. The summed E-state index contributed by atoms with van der Waals surface area (Å²) in [6, 6.07) is 4.75. The molecule has 0 amide bonds. The molecule has 1 fully saturated rings. The first-order valence-corrected chi connectivity index (χ1v) is 9.41. The van der Waals surface area contributed by atoms with Crippen molar-refractivity contribution in [2.75, 3.05) is 53.5 Å². The highest BCUT2D eigenvalue weighted by Gasteiger charge is 2.23. The van der Waals surface area contributed by atoms with Crippen LogP contribution in [0.4, 0.5) is 0 Å². The van der Waals surface area contributed by atoms with Crippen LogP contribution in [-0.2, 0) is 4.74 Å². The average molecular weight is 339 g/mol. The van der Waals surface area contributed by atoms with E-state index in [9.17, 15) is 0 Å². The largest absolute Gasteiger partial charge is 0.379 e. The van der Waals surface area contributed by atoms with Crippen LogP contribution >= 0.6 is 11.3 Å². The molecule has 0 aromatic carbocycles. The van der Waals surface area contributed by atoms with E-state index in [1.54, 1.807) is 0 Å². The third-order valence-corrected chi connectivity index (χ3v) is 5.21. The van der Waals surface area contributed by atoms with Crippen molar-refractivity contribution < 1.29 is 4.74 Å². The summed E-state index contributed by atoms with van der Waals surface area (Å²) >= 11 is 1.83. The minimum absolute atomic E-state index is 0.384. The normalized spacial score (nSPS) is 18.0. The number of morpholine rings is 1. The summed E-state index contributed by atoms with van der Waals surface area (Å²) in [6.07, 6.45) is 2.39. The molecule has 1 unspecified atom stereocenters. The number of thiophene rings is 1. The van der Waals surface area contributed by atoms with E-state index >= 15 is 0 Å². The highest BCUT2D eigenvalue weighted by atomic mass is 32.1. The van der Waals surface area contributed by atoms with Gasteiger partial charge in [0, 0.05) is 45.2 Å². The summed E-state index contributed by atoms with van der Waals surface area (Å²) in [7, 11) is 3.97. The molecular formula is C17H30N4OS. The number of nitrogens with one attached hydrogen (secondary N) is 1. The first kappa shape index (κ1) is 18.2. The third-order valence-electron chi connectivity index (χ3n) is 4.23. The van der Waals surface area contributed by atoms with Gasteiger partial charge in [-0.05, 0) is 17.9 Å². The Balaban J connectivity index is 1.97. The maximum atomic E-state index is 5.51. The number of aliphatic imine (C=N–C) groups is 1. The van der Waals surface area contributed by atoms with Crippen LogP contribution in [0.15, 0.2) is 22.5 Å². The Morgan fingerprint density at radius 2 is 2.26 bits per heavy atom. The Kier molecular flexibility index (Phi) is 7.85. The highest BCUT2D eigenvalue weighted by Crippen LogP contribution is 2.25. The second kappa shape index (κ2) is 9.90. The fourth-order valence-corrected chi connectivity index (χ4v) is 3.71. The lowest BCUT2D eigenvalue weighted by Gasteiger charge is -2.35. The van der Waals surface area contributed by atoms with Gasteiger partial charge in [-0.2, -0.15) is 0 Å². The zero-order valence-electron chi connectivity index (χ0n) is 14.6. The van der Waals surface area contributed by atoms with Crippen LogP contribution in [0.1, 0.15) is 30.7 Å². The van der Waals surface area contributed by atoms with Gasteiger partial charge in [0.2, 0.25) is 0 Å². The van der Waals surface area contributed by atoms with Gasteiger partial charge in [-0.15, -0.1) is 11.3 Å². The summed E-state index contributed by atoms with van der Waals surface area (Å²) < 4.78 is 5.51. The molecule has 130 valence electrons. The van der Waals surface area contributed by atoms with Crippen molar-refractivity contribution in [2.24, 2.45) is 4.99 Å². The van der Waals surface area contributed by atoms with E-state index in [4.69, 9.17) is 4.74 Å². The van der Waals surface area contributed by atoms with Crippen LogP contribution in [0.2, 0.25) is 0 Å². The van der Waals surface area contributed by atoms with E-state index in [1.165, 1.54) is 17.7 Å². The summed E-state index contributed by atoms with van der Waals surface area (Å²) in [4.78, 5) is 10.6. The Labute approximate surface area is 144 Å². The molecule has 0 aliphatic carbocycles. The van der Waals surface area contributed by atoms with Crippen molar-refractivity contribution in [3.63, 3.8) is 0 Å². The first-order chi connectivity index (χ1) is 11.3. The molecule has 1 atom stereocenters. The zero-order valence-corrected chi connectivity index (χ0v) is 15.4. The maximum Gasteiger partial charge on any atom is 0.193 e. The smallest absolute Gasteiger partial charge is 0.193 e. The summed E-state index contributed by atoms with van der Waals surface area (Å²) in [5.41, 5.74) is 0. The molecule has 1 aromatic rings. The number of hydrogen-bond donors (Lipinski definition) is 1. The molecular weight excluding hydrogens is 308 g/mol. The molecule has 0 radical (unpaired) electrons. The quantitative estimate of drug-likeness (QED) is 0.612. The Morgan fingerprint density at radius 3 is 2.87 bits per heavy atom. The molecule has 1 aromatic heterocycles. The Hall–Kier alpha value is -1.11. The van der Waals surface area contributed by atoms with E-state index in [-0.39, 0.29) is 0 Å². The van der Waals surface area contributed by atoms with Crippen LogP contribution in [0.25, 0.3) is 0 Å². The predicted octanol–water partition coefficient (Wildman–Crippen LogP) is 2.43. The van der Waals surface area contributed by atoms with Crippen molar-refractivity contribution in [3.05, 3.63) is 22.4 Å². The summed E-state index contributed by atoms with van der Waals surface area (Å²) in [5, 5.41) is 5.72. The molecule has 0 saturated carbocycles. The van der Waals surface area contributed by atoms with Gasteiger partial charge in [0.1, 0.15) is 0 Å². The second-order valence-corrected chi connectivity index (χ2v) is 6.86. The monoisotopic (exact) mass is 338 g/mol. The molecule has 5 nitrogen and oxygen atoms in total. The molecule has 1 aliphatic heterocycles. The predicted molar refractivity (Wildman–Crippen MR) is 98.4 cm³/mol. The van der Waals surface area contributed by atoms with E-state index in [0.717, 1.165) is 45.4 Å². The van der Waals surface area contributed by atoms with Crippen molar-refractivity contribution in [2.45, 2.75) is 25.8 Å². The van der Waals surface area contributed by atoms with Crippen LogP contribution in [0.5, 0.6) is 0 Å². The van der Waals surface area contributed by atoms with Crippen molar-refractivity contribution >= 4 is 17.3 Å². The minimum Gasteiger partial charge on any atom is -0.379 e. The van der Waals surface area contributed by atoms with Crippen molar-refractivity contribution in [1.29, 1.82) is 0 Å². The van der Waals surface area contributed by atoms with Gasteiger partial charge >= 0.3 is 0 Å². The van der Waals surface area contributed by atoms with Crippen LogP contribution in [0.3, 0.4) is 0 Å². The van der Waals surface area contributed by atoms with Gasteiger partial charge < -0.3 is 15.0 Å². The number of nitrogens with zero attached hydrogens (tertiary/aromatic N) is 3. The summed E-state index contributed by atoms with van der Waals surface area (Å²) in [6.45, 7) is 7.78. The lowest BCUT2D eigenvalue weighted by atomic mass is 10.2.